The molecule has 2 amide bonds. The molecule has 0 spiro atoms. The molecule has 0 saturated heterocycles. The molecular weight excluding hydrogens is 589 g/mol. The monoisotopic (exact) mass is 621 g/mol. The van der Waals surface area contributed by atoms with Crippen LogP contribution in [0.25, 0.3) is 0 Å². The average Bonchev–Trinajstić information content (AvgIpc) is 3.01. The molecule has 0 bridgehead atoms. The molecule has 1 N–H and O–H groups in total. The van der Waals surface area contributed by atoms with Crippen LogP contribution in [0.3, 0.4) is 0 Å². The molecule has 0 fully saturated rings. The second-order valence-electron chi connectivity index (χ2n) is 9.97. The van der Waals surface area contributed by atoms with E-state index in [4.69, 9.17) is 11.6 Å². The molecule has 0 heterocycles. The minimum Gasteiger partial charge on any atom is -0.355 e. The highest BCUT2D eigenvalue weighted by Crippen LogP contribution is 2.29. The molecule has 0 aliphatic carbocycles. The predicted molar refractivity (Wildman–Crippen MR) is 167 cm³/mol. The summed E-state index contributed by atoms with van der Waals surface area (Å²) in [5.74, 6) is -1.67. The molecule has 0 aliphatic rings. The zero-order valence-electron chi connectivity index (χ0n) is 23.9. The molecule has 0 radical (unpaired) electrons. The lowest BCUT2D eigenvalue weighted by atomic mass is 10.0. The first kappa shape index (κ1) is 31.7. The van der Waals surface area contributed by atoms with Crippen LogP contribution in [0.15, 0.2) is 108 Å². The van der Waals surface area contributed by atoms with Gasteiger partial charge in [-0.05, 0) is 55.3 Å². The molecule has 4 rings (SSSR count). The highest BCUT2D eigenvalue weighted by atomic mass is 35.5. The van der Waals surface area contributed by atoms with Crippen LogP contribution < -0.4 is 9.62 Å². The first-order chi connectivity index (χ1) is 20.6. The summed E-state index contributed by atoms with van der Waals surface area (Å²) < 4.78 is 43.8. The number of halogens is 2. The summed E-state index contributed by atoms with van der Waals surface area (Å²) in [4.78, 5) is 29.0. The van der Waals surface area contributed by atoms with Crippen molar-refractivity contribution in [3.8, 4) is 0 Å². The number of benzene rings is 4. The number of carbonyl (C=O) groups excluding carboxylic acids is 2. The van der Waals surface area contributed by atoms with Crippen molar-refractivity contribution in [1.29, 1.82) is 0 Å². The molecule has 1 unspecified atom stereocenters. The number of hydrogen-bond acceptors (Lipinski definition) is 4. The van der Waals surface area contributed by atoms with Gasteiger partial charge in [-0.15, -0.1) is 0 Å². The second-order valence-corrected chi connectivity index (χ2v) is 12.2. The lowest BCUT2D eigenvalue weighted by Gasteiger charge is -2.34. The second kappa shape index (κ2) is 14.3. The minimum absolute atomic E-state index is 0.0234. The number of likely N-dealkylation sites (N-methyl/N-ethyl adjacent to an activating group) is 1. The number of nitrogens with zero attached hydrogens (tertiary/aromatic N) is 2. The van der Waals surface area contributed by atoms with Crippen molar-refractivity contribution in [2.24, 2.45) is 0 Å². The van der Waals surface area contributed by atoms with Gasteiger partial charge in [0.25, 0.3) is 10.0 Å². The van der Waals surface area contributed by atoms with Gasteiger partial charge in [-0.25, -0.2) is 12.8 Å². The molecule has 0 saturated carbocycles. The van der Waals surface area contributed by atoms with Crippen LogP contribution >= 0.6 is 11.6 Å². The summed E-state index contributed by atoms with van der Waals surface area (Å²) in [6.07, 6.45) is 0.134. The van der Waals surface area contributed by atoms with Crippen molar-refractivity contribution in [1.82, 2.24) is 10.2 Å². The lowest BCUT2D eigenvalue weighted by molar-refractivity contribution is -0.140. The summed E-state index contributed by atoms with van der Waals surface area (Å²) >= 11 is 6.38. The third kappa shape index (κ3) is 7.80. The third-order valence-electron chi connectivity index (χ3n) is 6.97. The number of carbonyl (C=O) groups is 2. The number of amides is 2. The lowest BCUT2D eigenvalue weighted by Crippen LogP contribution is -2.53. The van der Waals surface area contributed by atoms with Gasteiger partial charge in [-0.3, -0.25) is 13.9 Å². The Morgan fingerprint density at radius 2 is 1.53 bits per heavy atom. The van der Waals surface area contributed by atoms with Crippen LogP contribution in [-0.4, -0.2) is 44.3 Å². The van der Waals surface area contributed by atoms with E-state index in [1.54, 1.807) is 50.2 Å². The zero-order chi connectivity index (χ0) is 31.0. The molecule has 224 valence electrons. The molecule has 10 heteroatoms. The molecule has 43 heavy (non-hydrogen) atoms. The SMILES string of the molecule is CCNC(=O)C(Cc1ccccc1)N(Cc1ccccc1F)C(=O)CN(c1ccc(C)c(Cl)c1)S(=O)(=O)c1ccccc1. The van der Waals surface area contributed by atoms with Crippen LogP contribution in [0.1, 0.15) is 23.6 Å². The Hall–Kier alpha value is -4.21. The van der Waals surface area contributed by atoms with Gasteiger partial charge in [0.05, 0.1) is 10.6 Å². The fraction of sp³-hybridized carbons (Fsp3) is 0.212. The van der Waals surface area contributed by atoms with Crippen molar-refractivity contribution in [3.63, 3.8) is 0 Å². The minimum atomic E-state index is -4.26. The first-order valence-electron chi connectivity index (χ1n) is 13.8. The van der Waals surface area contributed by atoms with E-state index >= 15 is 0 Å². The van der Waals surface area contributed by atoms with Crippen LogP contribution in [0.4, 0.5) is 10.1 Å². The van der Waals surface area contributed by atoms with E-state index in [9.17, 15) is 22.4 Å². The van der Waals surface area contributed by atoms with Crippen LogP contribution in [0.2, 0.25) is 5.02 Å². The Morgan fingerprint density at radius 3 is 2.16 bits per heavy atom. The van der Waals surface area contributed by atoms with E-state index in [1.165, 1.54) is 41.3 Å². The van der Waals surface area contributed by atoms with Crippen molar-refractivity contribution in [2.45, 2.75) is 37.8 Å². The maximum absolute atomic E-state index is 14.9. The van der Waals surface area contributed by atoms with Gasteiger partial charge in [0.15, 0.2) is 0 Å². The molecule has 4 aromatic rings. The standard InChI is InChI=1S/C33H33ClFN3O4S/c1-3-36-33(40)31(20-25-12-6-4-7-13-25)37(22-26-14-10-11-17-30(26)35)32(39)23-38(27-19-18-24(2)29(34)21-27)43(41,42)28-15-8-5-9-16-28/h4-19,21,31H,3,20,22-23H2,1-2H3,(H,36,40). The molecule has 0 aromatic heterocycles. The van der Waals surface area contributed by atoms with Crippen LogP contribution in [0, 0.1) is 12.7 Å². The Kier molecular flexibility index (Phi) is 10.6. The highest BCUT2D eigenvalue weighted by molar-refractivity contribution is 7.92. The zero-order valence-corrected chi connectivity index (χ0v) is 25.5. The van der Waals surface area contributed by atoms with Gasteiger partial charge in [0, 0.05) is 30.1 Å². The number of sulfonamides is 1. The van der Waals surface area contributed by atoms with E-state index in [0.717, 1.165) is 15.4 Å². The van der Waals surface area contributed by atoms with Crippen molar-refractivity contribution in [2.75, 3.05) is 17.4 Å². The molecular formula is C33H33ClFN3O4S. The summed E-state index contributed by atoms with van der Waals surface area (Å²) in [6.45, 7) is 2.94. The fourth-order valence-electron chi connectivity index (χ4n) is 4.64. The molecule has 7 nitrogen and oxygen atoms in total. The van der Waals surface area contributed by atoms with Crippen LogP contribution in [0.5, 0.6) is 0 Å². The Bertz CT molecular complexity index is 1670. The largest absolute Gasteiger partial charge is 0.355 e. The maximum atomic E-state index is 14.9. The highest BCUT2D eigenvalue weighted by Gasteiger charge is 2.35. The smallest absolute Gasteiger partial charge is 0.264 e. The summed E-state index contributed by atoms with van der Waals surface area (Å²) in [5, 5.41) is 3.11. The summed E-state index contributed by atoms with van der Waals surface area (Å²) in [5.41, 5.74) is 1.88. The van der Waals surface area contributed by atoms with Crippen molar-refractivity contribution >= 4 is 39.1 Å². The number of anilines is 1. The van der Waals surface area contributed by atoms with E-state index in [-0.39, 0.29) is 29.1 Å². The van der Waals surface area contributed by atoms with Gasteiger partial charge >= 0.3 is 0 Å². The first-order valence-corrected chi connectivity index (χ1v) is 15.6. The number of nitrogens with one attached hydrogen (secondary N) is 1. The molecule has 1 atom stereocenters. The van der Waals surface area contributed by atoms with Gasteiger partial charge in [-0.2, -0.15) is 0 Å². The van der Waals surface area contributed by atoms with Crippen molar-refractivity contribution in [3.05, 3.63) is 131 Å². The Labute approximate surface area is 257 Å². The van der Waals surface area contributed by atoms with Gasteiger partial charge < -0.3 is 10.2 Å². The molecule has 4 aromatic carbocycles. The van der Waals surface area contributed by atoms with Gasteiger partial charge in [0.2, 0.25) is 11.8 Å². The van der Waals surface area contributed by atoms with Gasteiger partial charge in [-0.1, -0.05) is 84.4 Å². The third-order valence-corrected chi connectivity index (χ3v) is 9.17. The van der Waals surface area contributed by atoms with Crippen LogP contribution in [-0.2, 0) is 32.6 Å². The summed E-state index contributed by atoms with van der Waals surface area (Å²) in [7, 11) is -4.26. The van der Waals surface area contributed by atoms with E-state index in [0.29, 0.717) is 11.6 Å². The number of hydrogen-bond donors (Lipinski definition) is 1. The Balaban J connectivity index is 1.81. The van der Waals surface area contributed by atoms with E-state index in [1.807, 2.05) is 30.3 Å². The van der Waals surface area contributed by atoms with E-state index < -0.39 is 40.2 Å². The number of rotatable bonds is 12. The molecule has 0 aliphatic heterocycles. The maximum Gasteiger partial charge on any atom is 0.264 e. The van der Waals surface area contributed by atoms with Gasteiger partial charge in [0.1, 0.15) is 18.4 Å². The average molecular weight is 622 g/mol. The number of aryl methyl sites for hydroxylation is 1. The Morgan fingerprint density at radius 1 is 0.907 bits per heavy atom. The predicted octanol–water partition coefficient (Wildman–Crippen LogP) is 5.76. The normalized spacial score (nSPS) is 11.9. The van der Waals surface area contributed by atoms with Crippen molar-refractivity contribution < 1.29 is 22.4 Å². The quantitative estimate of drug-likeness (QED) is 0.218. The fourth-order valence-corrected chi connectivity index (χ4v) is 6.24. The topological polar surface area (TPSA) is 86.8 Å². The summed E-state index contributed by atoms with van der Waals surface area (Å²) in [6, 6.07) is 26.5. The van der Waals surface area contributed by atoms with E-state index in [2.05, 4.69) is 5.32 Å².